The quantitative estimate of drug-likeness (QED) is 0.583. The molecule has 2 fully saturated rings. The molecule has 0 bridgehead atoms. The highest BCUT2D eigenvalue weighted by Crippen LogP contribution is 2.37. The van der Waals surface area contributed by atoms with Crippen molar-refractivity contribution < 1.29 is 18.8 Å². The molecule has 0 radical (unpaired) electrons. The van der Waals surface area contributed by atoms with E-state index in [9.17, 15) is 18.8 Å². The summed E-state index contributed by atoms with van der Waals surface area (Å²) in [5.41, 5.74) is 2.33. The second-order valence-electron chi connectivity index (χ2n) is 8.15. The fourth-order valence-electron chi connectivity index (χ4n) is 4.60. The monoisotopic (exact) mass is 404 g/mol. The maximum Gasteiger partial charge on any atom is 0.253 e. The van der Waals surface area contributed by atoms with Gasteiger partial charge < -0.3 is 4.90 Å². The number of benzene rings is 2. The van der Waals surface area contributed by atoms with E-state index >= 15 is 0 Å². The Balaban J connectivity index is 1.23. The first-order valence-electron chi connectivity index (χ1n) is 10.2. The van der Waals surface area contributed by atoms with Gasteiger partial charge >= 0.3 is 0 Å². The van der Waals surface area contributed by atoms with Crippen LogP contribution in [-0.4, -0.2) is 46.7 Å². The zero-order valence-corrected chi connectivity index (χ0v) is 16.3. The molecule has 2 aromatic carbocycles. The second-order valence-corrected chi connectivity index (χ2v) is 8.15. The Morgan fingerprint density at radius 3 is 1.83 bits per heavy atom. The summed E-state index contributed by atoms with van der Waals surface area (Å²) in [5.74, 6) is -1.04. The van der Waals surface area contributed by atoms with Crippen LogP contribution in [0.25, 0.3) is 11.1 Å². The van der Waals surface area contributed by atoms with Crippen LogP contribution in [0.5, 0.6) is 0 Å². The van der Waals surface area contributed by atoms with Crippen molar-refractivity contribution in [3.05, 3.63) is 72.1 Å². The van der Waals surface area contributed by atoms with Gasteiger partial charge in [0.1, 0.15) is 5.82 Å². The summed E-state index contributed by atoms with van der Waals surface area (Å²) >= 11 is 0. The van der Waals surface area contributed by atoms with Crippen LogP contribution in [0.2, 0.25) is 0 Å². The average Bonchev–Trinajstić information content (AvgIpc) is 2.99. The summed E-state index contributed by atoms with van der Waals surface area (Å²) in [5, 5.41) is 0. The van der Waals surface area contributed by atoms with Crippen molar-refractivity contribution in [3.8, 4) is 11.1 Å². The SMILES string of the molecule is O=C(c1ccc(-c2ccc(F)cc2)cc1)N1CC(N2C(=O)C3CC=CCC3C2=O)C1. The predicted octanol–water partition coefficient (Wildman–Crippen LogP) is 3.27. The van der Waals surface area contributed by atoms with E-state index in [1.807, 2.05) is 24.3 Å². The number of hydrogen-bond acceptors (Lipinski definition) is 3. The number of hydrogen-bond donors (Lipinski definition) is 0. The summed E-state index contributed by atoms with van der Waals surface area (Å²) in [6, 6.07) is 13.2. The molecule has 2 unspecified atom stereocenters. The van der Waals surface area contributed by atoms with Gasteiger partial charge in [0.15, 0.2) is 0 Å². The van der Waals surface area contributed by atoms with Gasteiger partial charge in [-0.3, -0.25) is 19.3 Å². The van der Waals surface area contributed by atoms with Crippen LogP contribution in [0.3, 0.4) is 0 Å². The molecule has 5 rings (SSSR count). The molecule has 2 heterocycles. The first kappa shape index (κ1) is 18.7. The van der Waals surface area contributed by atoms with Gasteiger partial charge in [0.25, 0.3) is 5.91 Å². The number of nitrogens with zero attached hydrogens (tertiary/aromatic N) is 2. The zero-order chi connectivity index (χ0) is 20.8. The van der Waals surface area contributed by atoms with E-state index < -0.39 is 0 Å². The van der Waals surface area contributed by atoms with Gasteiger partial charge in [0.05, 0.1) is 17.9 Å². The van der Waals surface area contributed by atoms with Crippen LogP contribution < -0.4 is 0 Å². The van der Waals surface area contributed by atoms with Crippen molar-refractivity contribution in [2.75, 3.05) is 13.1 Å². The molecule has 2 atom stereocenters. The lowest BCUT2D eigenvalue weighted by Gasteiger charge is -2.43. The second kappa shape index (κ2) is 7.20. The van der Waals surface area contributed by atoms with Crippen molar-refractivity contribution in [2.24, 2.45) is 11.8 Å². The Labute approximate surface area is 173 Å². The number of likely N-dealkylation sites (tertiary alicyclic amines) is 2. The molecule has 5 nitrogen and oxygen atoms in total. The van der Waals surface area contributed by atoms with Gasteiger partial charge in [-0.05, 0) is 48.2 Å². The minimum absolute atomic E-state index is 0.0879. The molecule has 30 heavy (non-hydrogen) atoms. The van der Waals surface area contributed by atoms with E-state index in [1.165, 1.54) is 17.0 Å². The van der Waals surface area contributed by atoms with Gasteiger partial charge in [-0.1, -0.05) is 36.4 Å². The van der Waals surface area contributed by atoms with Gasteiger partial charge in [0, 0.05) is 18.7 Å². The van der Waals surface area contributed by atoms with E-state index in [4.69, 9.17) is 0 Å². The van der Waals surface area contributed by atoms with Crippen molar-refractivity contribution in [1.29, 1.82) is 0 Å². The predicted molar refractivity (Wildman–Crippen MR) is 109 cm³/mol. The highest BCUT2D eigenvalue weighted by atomic mass is 19.1. The lowest BCUT2D eigenvalue weighted by atomic mass is 9.85. The number of fused-ring (bicyclic) bond motifs is 1. The molecule has 0 N–H and O–H groups in total. The first-order valence-corrected chi connectivity index (χ1v) is 10.2. The number of imide groups is 1. The minimum atomic E-state index is -0.289. The molecule has 1 aliphatic carbocycles. The molecule has 6 heteroatoms. The van der Waals surface area contributed by atoms with Crippen LogP contribution in [0.15, 0.2) is 60.7 Å². The molecule has 0 saturated carbocycles. The fraction of sp³-hybridized carbons (Fsp3) is 0.292. The highest BCUT2D eigenvalue weighted by Gasteiger charge is 2.52. The number of allylic oxidation sites excluding steroid dienone is 2. The van der Waals surface area contributed by atoms with Crippen molar-refractivity contribution >= 4 is 17.7 Å². The molecule has 2 aliphatic heterocycles. The summed E-state index contributed by atoms with van der Waals surface area (Å²) in [7, 11) is 0. The highest BCUT2D eigenvalue weighted by molar-refractivity contribution is 6.06. The molecule has 3 aliphatic rings. The van der Waals surface area contributed by atoms with E-state index in [0.717, 1.165) is 11.1 Å². The summed E-state index contributed by atoms with van der Waals surface area (Å²) < 4.78 is 13.1. The van der Waals surface area contributed by atoms with Crippen LogP contribution in [0.4, 0.5) is 4.39 Å². The van der Waals surface area contributed by atoms with Gasteiger partial charge in [-0.25, -0.2) is 4.39 Å². The van der Waals surface area contributed by atoms with E-state index in [-0.39, 0.29) is 41.4 Å². The number of amides is 3. The normalized spacial score (nSPS) is 23.5. The topological polar surface area (TPSA) is 57.7 Å². The maximum absolute atomic E-state index is 13.1. The molecule has 152 valence electrons. The number of carbonyl (C=O) groups excluding carboxylic acids is 3. The Kier molecular flexibility index (Phi) is 4.50. The molecule has 0 spiro atoms. The zero-order valence-electron chi connectivity index (χ0n) is 16.3. The summed E-state index contributed by atoms with van der Waals surface area (Å²) in [6.45, 7) is 0.756. The molecule has 2 aromatic rings. The van der Waals surface area contributed by atoms with Gasteiger partial charge in [-0.15, -0.1) is 0 Å². The van der Waals surface area contributed by atoms with Crippen molar-refractivity contribution in [2.45, 2.75) is 18.9 Å². The maximum atomic E-state index is 13.1. The Morgan fingerprint density at radius 1 is 0.800 bits per heavy atom. The molecular formula is C24H21FN2O3. The van der Waals surface area contributed by atoms with Crippen LogP contribution in [0.1, 0.15) is 23.2 Å². The standard InChI is InChI=1S/C24H21FN2O3/c25-18-11-9-16(10-12-18)15-5-7-17(8-6-15)22(28)26-13-19(14-26)27-23(29)20-3-1-2-4-21(20)24(27)30/h1-2,5-12,19-21H,3-4,13-14H2. The molecule has 2 saturated heterocycles. The third-order valence-electron chi connectivity index (χ3n) is 6.37. The number of carbonyl (C=O) groups is 3. The van der Waals surface area contributed by atoms with E-state index in [1.54, 1.807) is 29.2 Å². The fourth-order valence-corrected chi connectivity index (χ4v) is 4.60. The Morgan fingerprint density at radius 2 is 1.30 bits per heavy atom. The van der Waals surface area contributed by atoms with E-state index in [2.05, 4.69) is 0 Å². The summed E-state index contributed by atoms with van der Waals surface area (Å²) in [6.07, 6.45) is 5.20. The van der Waals surface area contributed by atoms with Crippen molar-refractivity contribution in [1.82, 2.24) is 9.80 Å². The van der Waals surface area contributed by atoms with Crippen LogP contribution in [0, 0.1) is 17.7 Å². The smallest absolute Gasteiger partial charge is 0.253 e. The average molecular weight is 404 g/mol. The summed E-state index contributed by atoms with van der Waals surface area (Å²) in [4.78, 5) is 41.2. The largest absolute Gasteiger partial charge is 0.334 e. The molecule has 3 amide bonds. The van der Waals surface area contributed by atoms with Crippen LogP contribution >= 0.6 is 0 Å². The Bertz CT molecular complexity index is 1010. The van der Waals surface area contributed by atoms with E-state index in [0.29, 0.717) is 31.5 Å². The first-order chi connectivity index (χ1) is 14.5. The van der Waals surface area contributed by atoms with Gasteiger partial charge in [-0.2, -0.15) is 0 Å². The lowest BCUT2D eigenvalue weighted by Crippen LogP contribution is -2.62. The molecule has 0 aromatic heterocycles. The molecular weight excluding hydrogens is 383 g/mol. The van der Waals surface area contributed by atoms with Crippen molar-refractivity contribution in [3.63, 3.8) is 0 Å². The lowest BCUT2D eigenvalue weighted by molar-refractivity contribution is -0.145. The van der Waals surface area contributed by atoms with Crippen LogP contribution in [-0.2, 0) is 9.59 Å². The number of halogens is 1. The third kappa shape index (κ3) is 3.03. The number of rotatable bonds is 3. The third-order valence-corrected chi connectivity index (χ3v) is 6.37. The minimum Gasteiger partial charge on any atom is -0.334 e. The van der Waals surface area contributed by atoms with Gasteiger partial charge in [0.2, 0.25) is 11.8 Å². The Hall–Kier alpha value is -3.28.